The van der Waals surface area contributed by atoms with Gasteiger partial charge in [0.15, 0.2) is 0 Å². The number of hydrogen-bond acceptors (Lipinski definition) is 6. The van der Waals surface area contributed by atoms with E-state index in [9.17, 15) is 13.2 Å². The molecule has 3 aromatic carbocycles. The van der Waals surface area contributed by atoms with Crippen molar-refractivity contribution in [3.8, 4) is 5.13 Å². The molecule has 0 bridgehead atoms. The lowest BCUT2D eigenvalue weighted by atomic mass is 10.1. The summed E-state index contributed by atoms with van der Waals surface area (Å²) in [6.07, 6.45) is 0. The largest absolute Gasteiger partial charge is 0.306 e. The molecule has 0 saturated carbocycles. The van der Waals surface area contributed by atoms with Gasteiger partial charge in [0.2, 0.25) is 5.13 Å². The van der Waals surface area contributed by atoms with Crippen molar-refractivity contribution in [3.05, 3.63) is 95.2 Å². The Hall–Kier alpha value is -4.02. The van der Waals surface area contributed by atoms with E-state index in [4.69, 9.17) is 4.98 Å². The number of nitrogens with one attached hydrogen (secondary N) is 1. The van der Waals surface area contributed by atoms with Gasteiger partial charge in [-0.2, -0.15) is 9.78 Å². The van der Waals surface area contributed by atoms with E-state index in [0.717, 1.165) is 27.0 Å². The molecule has 0 aliphatic carbocycles. The summed E-state index contributed by atoms with van der Waals surface area (Å²) in [5.74, 6) is 0.109. The lowest BCUT2D eigenvalue weighted by Crippen LogP contribution is -2.30. The lowest BCUT2D eigenvalue weighted by Gasteiger charge is -2.23. The number of fused-ring (bicyclic) bond motifs is 1. The molecular weight excluding hydrogens is 518 g/mol. The molecule has 0 spiro atoms. The molecule has 0 aliphatic rings. The number of carbonyl (C=O) groups is 1. The first-order valence-electron chi connectivity index (χ1n) is 12.1. The number of carbonyl (C=O) groups excluding carboxylic acids is 1. The summed E-state index contributed by atoms with van der Waals surface area (Å²) in [5, 5.41) is 8.10. The second-order valence-electron chi connectivity index (χ2n) is 8.99. The minimum absolute atomic E-state index is 0.112. The molecular formula is C28H27N5O3S2. The van der Waals surface area contributed by atoms with Gasteiger partial charge in [-0.1, -0.05) is 35.6 Å². The quantitative estimate of drug-likeness (QED) is 0.276. The summed E-state index contributed by atoms with van der Waals surface area (Å²) in [6.45, 7) is 7.99. The maximum atomic E-state index is 13.3. The van der Waals surface area contributed by atoms with E-state index in [1.165, 1.54) is 39.9 Å². The standard InChI is InChI=1S/C28H27N5O3S2/c1-5-32(22-9-7-6-8-10-22)38(35,36)23-13-11-21(12-14-23)27(34)29-25-17-20(4)31-33(25)28-30-26-19(3)15-18(2)16-24(26)37-28/h6-17H,5H2,1-4H3,(H,29,34). The fourth-order valence-electron chi connectivity index (χ4n) is 4.36. The minimum Gasteiger partial charge on any atom is -0.306 e. The van der Waals surface area contributed by atoms with E-state index in [1.807, 2.05) is 26.8 Å². The molecule has 0 saturated heterocycles. The first kappa shape index (κ1) is 25.6. The molecule has 10 heteroatoms. The van der Waals surface area contributed by atoms with Crippen molar-refractivity contribution < 1.29 is 13.2 Å². The maximum Gasteiger partial charge on any atom is 0.264 e. The van der Waals surface area contributed by atoms with Crippen LogP contribution in [-0.4, -0.2) is 35.6 Å². The Morgan fingerprint density at radius 3 is 2.39 bits per heavy atom. The zero-order valence-electron chi connectivity index (χ0n) is 21.5. The SMILES string of the molecule is CCN(c1ccccc1)S(=O)(=O)c1ccc(C(=O)Nc2cc(C)nn2-c2nc3c(C)cc(C)cc3s2)cc1. The maximum absolute atomic E-state index is 13.3. The van der Waals surface area contributed by atoms with Crippen molar-refractivity contribution in [1.29, 1.82) is 0 Å². The van der Waals surface area contributed by atoms with Crippen LogP contribution in [0.4, 0.5) is 11.5 Å². The van der Waals surface area contributed by atoms with Crippen molar-refractivity contribution in [2.75, 3.05) is 16.2 Å². The molecule has 0 radical (unpaired) electrons. The first-order chi connectivity index (χ1) is 18.2. The average molecular weight is 546 g/mol. The van der Waals surface area contributed by atoms with Gasteiger partial charge in [-0.15, -0.1) is 0 Å². The monoisotopic (exact) mass is 545 g/mol. The normalized spacial score (nSPS) is 11.6. The Morgan fingerprint density at radius 2 is 1.71 bits per heavy atom. The predicted octanol–water partition coefficient (Wildman–Crippen LogP) is 5.87. The van der Waals surface area contributed by atoms with E-state index >= 15 is 0 Å². The minimum atomic E-state index is -3.78. The number of rotatable bonds is 7. The number of amides is 1. The van der Waals surface area contributed by atoms with Crippen LogP contribution in [-0.2, 0) is 10.0 Å². The van der Waals surface area contributed by atoms with Crippen molar-refractivity contribution in [2.24, 2.45) is 0 Å². The van der Waals surface area contributed by atoms with Crippen LogP contribution in [0.25, 0.3) is 15.3 Å². The van der Waals surface area contributed by atoms with Gasteiger partial charge in [0, 0.05) is 18.2 Å². The van der Waals surface area contributed by atoms with E-state index in [-0.39, 0.29) is 17.3 Å². The highest BCUT2D eigenvalue weighted by molar-refractivity contribution is 7.92. The highest BCUT2D eigenvalue weighted by atomic mass is 32.2. The molecule has 0 fully saturated rings. The van der Waals surface area contributed by atoms with Crippen molar-refractivity contribution in [3.63, 3.8) is 0 Å². The summed E-state index contributed by atoms with van der Waals surface area (Å²) >= 11 is 1.50. The smallest absolute Gasteiger partial charge is 0.264 e. The van der Waals surface area contributed by atoms with E-state index in [0.29, 0.717) is 22.2 Å². The van der Waals surface area contributed by atoms with E-state index in [1.54, 1.807) is 41.9 Å². The van der Waals surface area contributed by atoms with Crippen molar-refractivity contribution in [2.45, 2.75) is 32.6 Å². The van der Waals surface area contributed by atoms with E-state index < -0.39 is 10.0 Å². The summed E-state index contributed by atoms with van der Waals surface area (Å²) in [7, 11) is -3.78. The molecule has 2 heterocycles. The third kappa shape index (κ3) is 4.80. The molecule has 194 valence electrons. The molecule has 38 heavy (non-hydrogen) atoms. The number of para-hydroxylation sites is 1. The topological polar surface area (TPSA) is 97.2 Å². The van der Waals surface area contributed by atoms with Crippen LogP contribution < -0.4 is 9.62 Å². The molecule has 5 aromatic rings. The van der Waals surface area contributed by atoms with Crippen LogP contribution in [0.2, 0.25) is 0 Å². The van der Waals surface area contributed by atoms with Gasteiger partial charge in [0.1, 0.15) is 5.82 Å². The van der Waals surface area contributed by atoms with Crippen LogP contribution in [0, 0.1) is 20.8 Å². The number of hydrogen-bond donors (Lipinski definition) is 1. The fourth-order valence-corrected chi connectivity index (χ4v) is 6.94. The molecule has 0 unspecified atom stereocenters. The van der Waals surface area contributed by atoms with E-state index in [2.05, 4.69) is 22.5 Å². The molecule has 2 aromatic heterocycles. The third-order valence-electron chi connectivity index (χ3n) is 6.11. The van der Waals surface area contributed by atoms with Crippen LogP contribution >= 0.6 is 11.3 Å². The van der Waals surface area contributed by atoms with Gasteiger partial charge >= 0.3 is 0 Å². The van der Waals surface area contributed by atoms with Gasteiger partial charge in [0.25, 0.3) is 15.9 Å². The van der Waals surface area contributed by atoms with Crippen LogP contribution in [0.5, 0.6) is 0 Å². The zero-order chi connectivity index (χ0) is 27.0. The predicted molar refractivity (Wildman–Crippen MR) is 152 cm³/mol. The highest BCUT2D eigenvalue weighted by Crippen LogP contribution is 2.30. The number of aryl methyl sites for hydroxylation is 3. The third-order valence-corrected chi connectivity index (χ3v) is 9.00. The Kier molecular flexibility index (Phi) is 6.77. The van der Waals surface area contributed by atoms with Crippen molar-refractivity contribution in [1.82, 2.24) is 14.8 Å². The number of aromatic nitrogens is 3. The van der Waals surface area contributed by atoms with Gasteiger partial charge < -0.3 is 5.32 Å². The first-order valence-corrected chi connectivity index (χ1v) is 14.4. The van der Waals surface area contributed by atoms with Gasteiger partial charge in [-0.25, -0.2) is 13.4 Å². The summed E-state index contributed by atoms with van der Waals surface area (Å²) in [5.41, 5.74) is 4.80. The second kappa shape index (κ2) is 10.0. The number of nitrogens with zero attached hydrogens (tertiary/aromatic N) is 4. The molecule has 0 aliphatic heterocycles. The van der Waals surface area contributed by atoms with Gasteiger partial charge in [0.05, 0.1) is 26.5 Å². The number of anilines is 2. The number of thiazole rings is 1. The Labute approximate surface area is 225 Å². The lowest BCUT2D eigenvalue weighted by molar-refractivity contribution is 0.102. The molecule has 0 atom stereocenters. The van der Waals surface area contributed by atoms with Gasteiger partial charge in [-0.05, 0) is 81.3 Å². The Bertz CT molecular complexity index is 1740. The summed E-state index contributed by atoms with van der Waals surface area (Å²) in [4.78, 5) is 18.0. The highest BCUT2D eigenvalue weighted by Gasteiger charge is 2.24. The second-order valence-corrected chi connectivity index (χ2v) is 11.9. The molecule has 5 rings (SSSR count). The molecule has 8 nitrogen and oxygen atoms in total. The Balaban J connectivity index is 1.40. The molecule has 1 N–H and O–H groups in total. The van der Waals surface area contributed by atoms with Crippen LogP contribution in [0.3, 0.4) is 0 Å². The van der Waals surface area contributed by atoms with Crippen molar-refractivity contribution >= 4 is 49.0 Å². The summed E-state index contributed by atoms with van der Waals surface area (Å²) in [6, 6.07) is 20.8. The van der Waals surface area contributed by atoms with Gasteiger partial charge in [-0.3, -0.25) is 9.10 Å². The molecule has 1 amide bonds. The average Bonchev–Trinajstić information content (AvgIpc) is 3.48. The van der Waals surface area contributed by atoms with Crippen LogP contribution in [0.15, 0.2) is 77.7 Å². The fraction of sp³-hybridized carbons (Fsp3) is 0.179. The number of benzene rings is 3. The zero-order valence-corrected chi connectivity index (χ0v) is 23.1. The van der Waals surface area contributed by atoms with Crippen LogP contribution in [0.1, 0.15) is 34.1 Å². The number of sulfonamides is 1. The summed E-state index contributed by atoms with van der Waals surface area (Å²) < 4.78 is 30.6. The Morgan fingerprint density at radius 1 is 1.00 bits per heavy atom.